The highest BCUT2D eigenvalue weighted by Crippen LogP contribution is 2.20. The maximum atomic E-state index is 12.0. The summed E-state index contributed by atoms with van der Waals surface area (Å²) in [6, 6.07) is 5.01. The summed E-state index contributed by atoms with van der Waals surface area (Å²) >= 11 is 6.03. The highest BCUT2D eigenvalue weighted by molar-refractivity contribution is 6.31. The second-order valence-electron chi connectivity index (χ2n) is 4.97. The van der Waals surface area contributed by atoms with Gasteiger partial charge >= 0.3 is 6.03 Å². The lowest BCUT2D eigenvalue weighted by molar-refractivity contribution is 0.244. The Hall–Kier alpha value is -2.08. The van der Waals surface area contributed by atoms with E-state index in [-0.39, 0.29) is 18.1 Å². The largest absolute Gasteiger partial charge is 0.333 e. The minimum absolute atomic E-state index is 0.000134. The Morgan fingerprint density at radius 3 is 2.76 bits per heavy atom. The SMILES string of the molecule is Cc1ccc(NC(=O)N[C@@H](C)[C@@H](C)n2cncn2)cc1Cl. The molecule has 2 amide bonds. The van der Waals surface area contributed by atoms with Crippen molar-refractivity contribution < 1.29 is 4.79 Å². The number of benzene rings is 1. The van der Waals surface area contributed by atoms with E-state index in [0.29, 0.717) is 10.7 Å². The number of nitrogens with one attached hydrogen (secondary N) is 2. The highest BCUT2D eigenvalue weighted by Gasteiger charge is 2.16. The van der Waals surface area contributed by atoms with E-state index in [1.54, 1.807) is 17.1 Å². The summed E-state index contributed by atoms with van der Waals surface area (Å²) in [7, 11) is 0. The predicted molar refractivity (Wildman–Crippen MR) is 82.5 cm³/mol. The Kier molecular flexibility index (Phi) is 4.80. The van der Waals surface area contributed by atoms with Gasteiger partial charge in [0.2, 0.25) is 0 Å². The van der Waals surface area contributed by atoms with Crippen molar-refractivity contribution in [2.45, 2.75) is 32.9 Å². The molecule has 21 heavy (non-hydrogen) atoms. The number of carbonyl (C=O) groups is 1. The Bertz CT molecular complexity index is 614. The Morgan fingerprint density at radius 1 is 1.38 bits per heavy atom. The first-order valence-corrected chi connectivity index (χ1v) is 7.03. The monoisotopic (exact) mass is 307 g/mol. The number of halogens is 1. The van der Waals surface area contributed by atoms with Crippen LogP contribution in [-0.4, -0.2) is 26.8 Å². The van der Waals surface area contributed by atoms with Gasteiger partial charge in [0.05, 0.1) is 6.04 Å². The summed E-state index contributed by atoms with van der Waals surface area (Å²) in [5, 5.41) is 10.3. The van der Waals surface area contributed by atoms with E-state index >= 15 is 0 Å². The number of hydrogen-bond donors (Lipinski definition) is 2. The Morgan fingerprint density at radius 2 is 2.14 bits per heavy atom. The lowest BCUT2D eigenvalue weighted by Gasteiger charge is -2.21. The molecule has 0 saturated carbocycles. The normalized spacial score (nSPS) is 13.5. The molecule has 0 aliphatic rings. The molecule has 0 fully saturated rings. The molecular weight excluding hydrogens is 290 g/mol. The average molecular weight is 308 g/mol. The maximum absolute atomic E-state index is 12.0. The number of hydrogen-bond acceptors (Lipinski definition) is 3. The summed E-state index contributed by atoms with van der Waals surface area (Å²) in [5.41, 5.74) is 1.62. The molecule has 0 aliphatic carbocycles. The second-order valence-corrected chi connectivity index (χ2v) is 5.37. The Balaban J connectivity index is 1.93. The fourth-order valence-electron chi connectivity index (χ4n) is 1.82. The van der Waals surface area contributed by atoms with Crippen LogP contribution in [0.1, 0.15) is 25.5 Å². The summed E-state index contributed by atoms with van der Waals surface area (Å²) in [4.78, 5) is 15.9. The van der Waals surface area contributed by atoms with Crippen molar-refractivity contribution in [1.29, 1.82) is 0 Å². The summed E-state index contributed by atoms with van der Waals surface area (Å²) in [5.74, 6) is 0. The van der Waals surface area contributed by atoms with E-state index in [9.17, 15) is 4.79 Å². The number of aromatic nitrogens is 3. The molecule has 2 N–H and O–H groups in total. The summed E-state index contributed by atoms with van der Waals surface area (Å²) in [6.07, 6.45) is 3.10. The van der Waals surface area contributed by atoms with Crippen molar-refractivity contribution in [2.75, 3.05) is 5.32 Å². The molecule has 0 saturated heterocycles. The van der Waals surface area contributed by atoms with Crippen LogP contribution in [0.25, 0.3) is 0 Å². The van der Waals surface area contributed by atoms with Gasteiger partial charge in [0.1, 0.15) is 12.7 Å². The molecule has 6 nitrogen and oxygen atoms in total. The van der Waals surface area contributed by atoms with Gasteiger partial charge in [0, 0.05) is 16.8 Å². The molecule has 0 radical (unpaired) electrons. The van der Waals surface area contributed by atoms with Crippen molar-refractivity contribution in [3.05, 3.63) is 41.4 Å². The van der Waals surface area contributed by atoms with Crippen LogP contribution in [0.15, 0.2) is 30.9 Å². The topological polar surface area (TPSA) is 71.8 Å². The number of urea groups is 1. The highest BCUT2D eigenvalue weighted by atomic mass is 35.5. The van der Waals surface area contributed by atoms with Crippen LogP contribution in [0.5, 0.6) is 0 Å². The molecule has 2 aromatic rings. The zero-order valence-corrected chi connectivity index (χ0v) is 12.9. The molecule has 0 spiro atoms. The van der Waals surface area contributed by atoms with Crippen molar-refractivity contribution in [3.8, 4) is 0 Å². The molecule has 2 atom stereocenters. The maximum Gasteiger partial charge on any atom is 0.319 e. The molecule has 0 unspecified atom stereocenters. The van der Waals surface area contributed by atoms with E-state index in [1.807, 2.05) is 32.9 Å². The van der Waals surface area contributed by atoms with Gasteiger partial charge in [-0.1, -0.05) is 17.7 Å². The number of rotatable bonds is 4. The van der Waals surface area contributed by atoms with Crippen LogP contribution in [-0.2, 0) is 0 Å². The third-order valence-electron chi connectivity index (χ3n) is 3.37. The van der Waals surface area contributed by atoms with Gasteiger partial charge in [-0.3, -0.25) is 0 Å². The van der Waals surface area contributed by atoms with Gasteiger partial charge in [-0.15, -0.1) is 0 Å². The standard InChI is InChI=1S/C14H18ClN5O/c1-9-4-5-12(6-13(9)15)19-14(21)18-10(2)11(3)20-8-16-7-17-20/h4-8,10-11H,1-3H3,(H2,18,19,21)/t10-,11+/m0/s1. The van der Waals surface area contributed by atoms with Crippen molar-refractivity contribution in [3.63, 3.8) is 0 Å². The number of amides is 2. The Labute approximate surface area is 128 Å². The first-order chi connectivity index (χ1) is 9.97. The molecule has 1 aromatic heterocycles. The van der Waals surface area contributed by atoms with Crippen molar-refractivity contribution >= 4 is 23.3 Å². The number of aryl methyl sites for hydroxylation is 1. The predicted octanol–water partition coefficient (Wildman–Crippen LogP) is 3.01. The molecule has 1 heterocycles. The zero-order chi connectivity index (χ0) is 15.4. The van der Waals surface area contributed by atoms with Gasteiger partial charge < -0.3 is 10.6 Å². The lowest BCUT2D eigenvalue weighted by atomic mass is 10.2. The van der Waals surface area contributed by atoms with Crippen molar-refractivity contribution in [1.82, 2.24) is 20.1 Å². The lowest BCUT2D eigenvalue weighted by Crippen LogP contribution is -2.40. The van der Waals surface area contributed by atoms with Crippen LogP contribution < -0.4 is 10.6 Å². The van der Waals surface area contributed by atoms with Crippen LogP contribution in [0.3, 0.4) is 0 Å². The first kappa shape index (κ1) is 15.3. The molecule has 0 aliphatic heterocycles. The second kappa shape index (κ2) is 6.58. The van der Waals surface area contributed by atoms with Gasteiger partial charge in [0.25, 0.3) is 0 Å². The van der Waals surface area contributed by atoms with Crippen LogP contribution in [0.2, 0.25) is 5.02 Å². The number of anilines is 1. The van der Waals surface area contributed by atoms with E-state index in [2.05, 4.69) is 20.7 Å². The minimum atomic E-state index is -0.283. The first-order valence-electron chi connectivity index (χ1n) is 6.65. The third kappa shape index (κ3) is 3.95. The van der Waals surface area contributed by atoms with Gasteiger partial charge in [-0.25, -0.2) is 14.5 Å². The van der Waals surface area contributed by atoms with Gasteiger partial charge in [-0.2, -0.15) is 5.10 Å². The van der Waals surface area contributed by atoms with Crippen LogP contribution in [0, 0.1) is 6.92 Å². The quantitative estimate of drug-likeness (QED) is 0.912. The molecule has 2 rings (SSSR count). The molecular formula is C14H18ClN5O. The fourth-order valence-corrected chi connectivity index (χ4v) is 2.00. The van der Waals surface area contributed by atoms with E-state index in [1.165, 1.54) is 6.33 Å². The van der Waals surface area contributed by atoms with Crippen LogP contribution in [0.4, 0.5) is 10.5 Å². The summed E-state index contributed by atoms with van der Waals surface area (Å²) < 4.78 is 1.70. The summed E-state index contributed by atoms with van der Waals surface area (Å²) in [6.45, 7) is 5.78. The smallest absolute Gasteiger partial charge is 0.319 e. The fraction of sp³-hybridized carbons (Fsp3) is 0.357. The number of nitrogens with zero attached hydrogens (tertiary/aromatic N) is 3. The van der Waals surface area contributed by atoms with Gasteiger partial charge in [-0.05, 0) is 38.5 Å². The molecule has 7 heteroatoms. The average Bonchev–Trinajstić information content (AvgIpc) is 2.96. The van der Waals surface area contributed by atoms with Gasteiger partial charge in [0.15, 0.2) is 0 Å². The van der Waals surface area contributed by atoms with E-state index < -0.39 is 0 Å². The minimum Gasteiger partial charge on any atom is -0.333 e. The third-order valence-corrected chi connectivity index (χ3v) is 3.77. The molecule has 1 aromatic carbocycles. The molecule has 0 bridgehead atoms. The van der Waals surface area contributed by atoms with Crippen molar-refractivity contribution in [2.24, 2.45) is 0 Å². The number of carbonyl (C=O) groups excluding carboxylic acids is 1. The molecule has 112 valence electrons. The zero-order valence-electron chi connectivity index (χ0n) is 12.2. The van der Waals surface area contributed by atoms with Crippen LogP contribution >= 0.6 is 11.6 Å². The van der Waals surface area contributed by atoms with E-state index in [4.69, 9.17) is 11.6 Å². The van der Waals surface area contributed by atoms with E-state index in [0.717, 1.165) is 5.56 Å².